The van der Waals surface area contributed by atoms with Crippen molar-refractivity contribution in [1.29, 1.82) is 0 Å². The van der Waals surface area contributed by atoms with Gasteiger partial charge in [0.25, 0.3) is 0 Å². The number of nitrogens with zero attached hydrogens (tertiary/aromatic N) is 3. The fourth-order valence-electron chi connectivity index (χ4n) is 3.35. The van der Waals surface area contributed by atoms with Crippen molar-refractivity contribution >= 4 is 5.91 Å². The van der Waals surface area contributed by atoms with Gasteiger partial charge in [0.2, 0.25) is 5.91 Å². The van der Waals surface area contributed by atoms with E-state index in [2.05, 4.69) is 29.1 Å². The molecule has 5 nitrogen and oxygen atoms in total. The SMILES string of the molecule is CC1(C)CC(C(=O)N2CCCC2c2ncccn2)CN1. The van der Waals surface area contributed by atoms with Crippen LogP contribution in [0.5, 0.6) is 0 Å². The van der Waals surface area contributed by atoms with Gasteiger partial charge >= 0.3 is 0 Å². The molecule has 0 aromatic carbocycles. The third kappa shape index (κ3) is 2.54. The zero-order valence-electron chi connectivity index (χ0n) is 12.2. The molecule has 1 amide bonds. The summed E-state index contributed by atoms with van der Waals surface area (Å²) in [7, 11) is 0. The summed E-state index contributed by atoms with van der Waals surface area (Å²) >= 11 is 0. The molecule has 2 aliphatic rings. The Labute approximate surface area is 119 Å². The number of aromatic nitrogens is 2. The van der Waals surface area contributed by atoms with Crippen LogP contribution in [0.1, 0.15) is 45.0 Å². The van der Waals surface area contributed by atoms with Crippen LogP contribution < -0.4 is 5.32 Å². The molecule has 2 saturated heterocycles. The third-order valence-electron chi connectivity index (χ3n) is 4.35. The van der Waals surface area contributed by atoms with Crippen LogP contribution in [-0.2, 0) is 4.79 Å². The Balaban J connectivity index is 1.74. The highest BCUT2D eigenvalue weighted by Crippen LogP contribution is 2.33. The summed E-state index contributed by atoms with van der Waals surface area (Å²) in [5, 5.41) is 3.43. The lowest BCUT2D eigenvalue weighted by molar-refractivity contribution is -0.136. The number of hydrogen-bond acceptors (Lipinski definition) is 4. The topological polar surface area (TPSA) is 58.1 Å². The van der Waals surface area contributed by atoms with Gasteiger partial charge in [-0.2, -0.15) is 0 Å². The Bertz CT molecular complexity index is 488. The van der Waals surface area contributed by atoms with Crippen molar-refractivity contribution in [3.63, 3.8) is 0 Å². The van der Waals surface area contributed by atoms with Gasteiger partial charge < -0.3 is 10.2 Å². The van der Waals surface area contributed by atoms with E-state index in [1.807, 2.05) is 11.0 Å². The summed E-state index contributed by atoms with van der Waals surface area (Å²) in [5.41, 5.74) is 0.0682. The molecule has 3 heterocycles. The molecule has 0 spiro atoms. The van der Waals surface area contributed by atoms with Crippen molar-refractivity contribution in [2.75, 3.05) is 13.1 Å². The Hall–Kier alpha value is -1.49. The monoisotopic (exact) mass is 274 g/mol. The first-order valence-electron chi connectivity index (χ1n) is 7.39. The number of amides is 1. The molecule has 1 N–H and O–H groups in total. The highest BCUT2D eigenvalue weighted by molar-refractivity contribution is 5.80. The average molecular weight is 274 g/mol. The molecule has 108 valence electrons. The van der Waals surface area contributed by atoms with Crippen molar-refractivity contribution in [2.45, 2.75) is 44.7 Å². The van der Waals surface area contributed by atoms with Crippen LogP contribution in [0.4, 0.5) is 0 Å². The molecule has 2 fully saturated rings. The second kappa shape index (κ2) is 5.13. The number of rotatable bonds is 2. The summed E-state index contributed by atoms with van der Waals surface area (Å²) in [6.07, 6.45) is 6.43. The van der Waals surface area contributed by atoms with Gasteiger partial charge in [-0.25, -0.2) is 9.97 Å². The van der Waals surface area contributed by atoms with E-state index in [1.165, 1.54) is 0 Å². The molecule has 1 aromatic rings. The van der Waals surface area contributed by atoms with E-state index in [-0.39, 0.29) is 23.4 Å². The minimum Gasteiger partial charge on any atom is -0.332 e. The predicted octanol–water partition coefficient (Wildman–Crippen LogP) is 1.53. The first-order valence-corrected chi connectivity index (χ1v) is 7.39. The van der Waals surface area contributed by atoms with Crippen LogP contribution in [0, 0.1) is 5.92 Å². The average Bonchev–Trinajstić information content (AvgIpc) is 3.05. The molecule has 2 unspecified atom stereocenters. The lowest BCUT2D eigenvalue weighted by Gasteiger charge is -2.26. The minimum atomic E-state index is 0.0624. The van der Waals surface area contributed by atoms with Gasteiger partial charge in [-0.1, -0.05) is 0 Å². The fourth-order valence-corrected chi connectivity index (χ4v) is 3.35. The zero-order valence-corrected chi connectivity index (χ0v) is 12.2. The summed E-state index contributed by atoms with van der Waals surface area (Å²) in [5.74, 6) is 1.14. The maximum absolute atomic E-state index is 12.7. The van der Waals surface area contributed by atoms with Gasteiger partial charge in [-0.3, -0.25) is 4.79 Å². The van der Waals surface area contributed by atoms with Crippen LogP contribution in [-0.4, -0.2) is 39.4 Å². The normalized spacial score (nSPS) is 28.8. The number of nitrogens with one attached hydrogen (secondary N) is 1. The van der Waals surface area contributed by atoms with E-state index in [0.717, 1.165) is 38.2 Å². The smallest absolute Gasteiger partial charge is 0.227 e. The number of carbonyl (C=O) groups excluding carboxylic acids is 1. The molecule has 0 aliphatic carbocycles. The molecule has 0 saturated carbocycles. The Kier molecular flexibility index (Phi) is 3.46. The highest BCUT2D eigenvalue weighted by atomic mass is 16.2. The van der Waals surface area contributed by atoms with E-state index >= 15 is 0 Å². The fraction of sp³-hybridized carbons (Fsp3) is 0.667. The van der Waals surface area contributed by atoms with Gasteiger partial charge in [-0.15, -0.1) is 0 Å². The van der Waals surface area contributed by atoms with Crippen molar-refractivity contribution in [3.8, 4) is 0 Å². The Morgan fingerprint density at radius 1 is 1.40 bits per heavy atom. The molecule has 20 heavy (non-hydrogen) atoms. The zero-order chi connectivity index (χ0) is 14.2. The Morgan fingerprint density at radius 3 is 2.80 bits per heavy atom. The van der Waals surface area contributed by atoms with Crippen molar-refractivity contribution in [1.82, 2.24) is 20.2 Å². The summed E-state index contributed by atoms with van der Waals surface area (Å²) in [4.78, 5) is 23.4. The molecule has 0 radical (unpaired) electrons. The van der Waals surface area contributed by atoms with Crippen molar-refractivity contribution in [2.24, 2.45) is 5.92 Å². The van der Waals surface area contributed by atoms with E-state index in [9.17, 15) is 4.79 Å². The third-order valence-corrected chi connectivity index (χ3v) is 4.35. The van der Waals surface area contributed by atoms with E-state index in [0.29, 0.717) is 0 Å². The quantitative estimate of drug-likeness (QED) is 0.888. The molecular weight excluding hydrogens is 252 g/mol. The predicted molar refractivity (Wildman–Crippen MR) is 75.9 cm³/mol. The van der Waals surface area contributed by atoms with E-state index in [1.54, 1.807) is 12.4 Å². The largest absolute Gasteiger partial charge is 0.332 e. The second-order valence-corrected chi connectivity index (χ2v) is 6.46. The maximum Gasteiger partial charge on any atom is 0.227 e. The van der Waals surface area contributed by atoms with Crippen LogP contribution in [0.2, 0.25) is 0 Å². The van der Waals surface area contributed by atoms with Gasteiger partial charge in [-0.05, 0) is 39.2 Å². The molecular formula is C15H22N4O. The second-order valence-electron chi connectivity index (χ2n) is 6.46. The standard InChI is InChI=1S/C15H22N4O/c1-15(2)9-11(10-18-15)14(20)19-8-3-5-12(19)13-16-6-4-7-17-13/h4,6-7,11-12,18H,3,5,8-10H2,1-2H3. The molecule has 2 atom stereocenters. The van der Waals surface area contributed by atoms with E-state index in [4.69, 9.17) is 0 Å². The first-order chi connectivity index (χ1) is 9.57. The van der Waals surface area contributed by atoms with Gasteiger partial charge in [0.05, 0.1) is 12.0 Å². The van der Waals surface area contributed by atoms with Crippen LogP contribution in [0.15, 0.2) is 18.5 Å². The van der Waals surface area contributed by atoms with Gasteiger partial charge in [0.1, 0.15) is 0 Å². The summed E-state index contributed by atoms with van der Waals surface area (Å²) in [6.45, 7) is 5.92. The first kappa shape index (κ1) is 13.5. The van der Waals surface area contributed by atoms with Gasteiger partial charge in [0, 0.05) is 31.0 Å². The molecule has 5 heteroatoms. The molecule has 3 rings (SSSR count). The van der Waals surface area contributed by atoms with Crippen molar-refractivity contribution in [3.05, 3.63) is 24.3 Å². The Morgan fingerprint density at radius 2 is 2.15 bits per heavy atom. The van der Waals surface area contributed by atoms with E-state index < -0.39 is 0 Å². The highest BCUT2D eigenvalue weighted by Gasteiger charge is 2.40. The number of hydrogen-bond donors (Lipinski definition) is 1. The lowest BCUT2D eigenvalue weighted by Crippen LogP contribution is -2.37. The number of carbonyl (C=O) groups is 1. The lowest BCUT2D eigenvalue weighted by atomic mass is 9.96. The van der Waals surface area contributed by atoms with Crippen molar-refractivity contribution < 1.29 is 4.79 Å². The summed E-state index contributed by atoms with van der Waals surface area (Å²) < 4.78 is 0. The summed E-state index contributed by atoms with van der Waals surface area (Å²) in [6, 6.07) is 1.88. The number of likely N-dealkylation sites (tertiary alicyclic amines) is 1. The molecule has 2 aliphatic heterocycles. The van der Waals surface area contributed by atoms with Crippen LogP contribution in [0.3, 0.4) is 0 Å². The molecule has 1 aromatic heterocycles. The maximum atomic E-state index is 12.7. The van der Waals surface area contributed by atoms with Crippen LogP contribution in [0.25, 0.3) is 0 Å². The molecule has 0 bridgehead atoms. The van der Waals surface area contributed by atoms with Gasteiger partial charge in [0.15, 0.2) is 5.82 Å². The van der Waals surface area contributed by atoms with Crippen LogP contribution >= 0.6 is 0 Å². The minimum absolute atomic E-state index is 0.0624.